The van der Waals surface area contributed by atoms with Gasteiger partial charge in [0.2, 0.25) is 6.79 Å². The molecule has 5 rings (SSSR count). The van der Waals surface area contributed by atoms with Crippen LogP contribution in [0.25, 0.3) is 0 Å². The summed E-state index contributed by atoms with van der Waals surface area (Å²) in [5.74, 6) is 2.31. The number of hydrogen-bond acceptors (Lipinski definition) is 3. The molecule has 0 amide bonds. The van der Waals surface area contributed by atoms with Crippen LogP contribution in [0.1, 0.15) is 33.7 Å². The SMILES string of the molecule is Cc1ccccc1COc1cc2c(cc1C(c1ccccc1)c1ccccc1)OCO2. The molecule has 31 heavy (non-hydrogen) atoms. The van der Waals surface area contributed by atoms with Gasteiger partial charge in [0.05, 0.1) is 0 Å². The van der Waals surface area contributed by atoms with E-state index in [-0.39, 0.29) is 12.7 Å². The van der Waals surface area contributed by atoms with Gasteiger partial charge in [-0.2, -0.15) is 0 Å². The van der Waals surface area contributed by atoms with Gasteiger partial charge in [0.1, 0.15) is 12.4 Å². The molecule has 0 N–H and O–H groups in total. The number of fused-ring (bicyclic) bond motifs is 1. The molecule has 1 aliphatic heterocycles. The number of aryl methyl sites for hydroxylation is 1. The van der Waals surface area contributed by atoms with Crippen LogP contribution in [0.3, 0.4) is 0 Å². The summed E-state index contributed by atoms with van der Waals surface area (Å²) < 4.78 is 17.8. The van der Waals surface area contributed by atoms with Gasteiger partial charge in [-0.15, -0.1) is 0 Å². The van der Waals surface area contributed by atoms with Gasteiger partial charge in [-0.25, -0.2) is 0 Å². The Morgan fingerprint density at radius 2 is 1.32 bits per heavy atom. The fourth-order valence-corrected chi connectivity index (χ4v) is 4.06. The maximum Gasteiger partial charge on any atom is 0.231 e. The second-order valence-corrected chi connectivity index (χ2v) is 7.71. The molecule has 0 atom stereocenters. The highest BCUT2D eigenvalue weighted by molar-refractivity contribution is 5.57. The number of hydrogen-bond donors (Lipinski definition) is 0. The van der Waals surface area contributed by atoms with Crippen molar-refractivity contribution in [3.05, 3.63) is 125 Å². The van der Waals surface area contributed by atoms with Gasteiger partial charge in [0.25, 0.3) is 0 Å². The van der Waals surface area contributed by atoms with Gasteiger partial charge >= 0.3 is 0 Å². The van der Waals surface area contributed by atoms with Crippen LogP contribution in [0.4, 0.5) is 0 Å². The minimum absolute atomic E-state index is 0.0174. The summed E-state index contributed by atoms with van der Waals surface area (Å²) in [6.07, 6.45) is 0. The first-order valence-electron chi connectivity index (χ1n) is 10.5. The zero-order chi connectivity index (χ0) is 21.0. The van der Waals surface area contributed by atoms with E-state index in [1.54, 1.807) is 0 Å². The molecule has 0 radical (unpaired) electrons. The second kappa shape index (κ2) is 8.57. The predicted molar refractivity (Wildman–Crippen MR) is 122 cm³/mol. The Hall–Kier alpha value is -3.72. The maximum atomic E-state index is 6.42. The van der Waals surface area contributed by atoms with Gasteiger partial charge in [-0.1, -0.05) is 84.9 Å². The van der Waals surface area contributed by atoms with E-state index in [1.165, 1.54) is 22.3 Å². The van der Waals surface area contributed by atoms with E-state index < -0.39 is 0 Å². The molecule has 1 aliphatic rings. The molecule has 154 valence electrons. The molecule has 0 saturated carbocycles. The molecule has 4 aromatic rings. The molecule has 0 saturated heterocycles. The van der Waals surface area contributed by atoms with E-state index in [0.29, 0.717) is 6.61 Å². The zero-order valence-corrected chi connectivity index (χ0v) is 17.5. The van der Waals surface area contributed by atoms with Crippen molar-refractivity contribution < 1.29 is 14.2 Å². The van der Waals surface area contributed by atoms with Gasteiger partial charge in [0.15, 0.2) is 11.5 Å². The van der Waals surface area contributed by atoms with Crippen LogP contribution in [0.15, 0.2) is 97.1 Å². The molecule has 0 unspecified atom stereocenters. The summed E-state index contributed by atoms with van der Waals surface area (Å²) in [6.45, 7) is 2.84. The topological polar surface area (TPSA) is 27.7 Å². The van der Waals surface area contributed by atoms with Crippen molar-refractivity contribution in [1.29, 1.82) is 0 Å². The van der Waals surface area contributed by atoms with Crippen molar-refractivity contribution in [1.82, 2.24) is 0 Å². The standard InChI is InChI=1S/C28H24O3/c1-20-10-8-9-15-23(20)18-29-25-17-27-26(30-19-31-27)16-24(25)28(21-11-4-2-5-12-21)22-13-6-3-7-14-22/h2-17,28H,18-19H2,1H3. The first-order valence-corrected chi connectivity index (χ1v) is 10.5. The molecule has 3 nitrogen and oxygen atoms in total. The minimum atomic E-state index is 0.0174. The summed E-state index contributed by atoms with van der Waals surface area (Å²) in [7, 11) is 0. The lowest BCUT2D eigenvalue weighted by molar-refractivity contribution is 0.173. The highest BCUT2D eigenvalue weighted by atomic mass is 16.7. The van der Waals surface area contributed by atoms with Gasteiger partial charge in [0, 0.05) is 17.5 Å². The highest BCUT2D eigenvalue weighted by Crippen LogP contribution is 2.45. The Morgan fingerprint density at radius 3 is 1.97 bits per heavy atom. The van der Waals surface area contributed by atoms with Crippen molar-refractivity contribution in [2.45, 2.75) is 19.4 Å². The zero-order valence-electron chi connectivity index (χ0n) is 17.5. The summed E-state index contributed by atoms with van der Waals surface area (Å²) in [5.41, 5.74) is 5.85. The Kier molecular flexibility index (Phi) is 5.32. The third-order valence-corrected chi connectivity index (χ3v) is 5.73. The first kappa shape index (κ1) is 19.3. The van der Waals surface area contributed by atoms with Crippen LogP contribution < -0.4 is 14.2 Å². The number of benzene rings is 4. The van der Waals surface area contributed by atoms with Crippen molar-refractivity contribution in [2.24, 2.45) is 0 Å². The van der Waals surface area contributed by atoms with E-state index in [2.05, 4.69) is 73.7 Å². The largest absolute Gasteiger partial charge is 0.488 e. The first-order chi connectivity index (χ1) is 15.3. The van der Waals surface area contributed by atoms with Crippen molar-refractivity contribution >= 4 is 0 Å². The number of rotatable bonds is 6. The number of ether oxygens (including phenoxy) is 3. The third kappa shape index (κ3) is 3.99. The smallest absolute Gasteiger partial charge is 0.231 e. The average Bonchev–Trinajstić information content (AvgIpc) is 3.27. The predicted octanol–water partition coefficient (Wildman–Crippen LogP) is 6.48. The van der Waals surface area contributed by atoms with Crippen LogP contribution in [0, 0.1) is 6.92 Å². The molecule has 0 spiro atoms. The van der Waals surface area contributed by atoms with E-state index >= 15 is 0 Å². The van der Waals surface area contributed by atoms with E-state index in [9.17, 15) is 0 Å². The van der Waals surface area contributed by atoms with Crippen LogP contribution >= 0.6 is 0 Å². The van der Waals surface area contributed by atoms with Crippen LogP contribution in [-0.2, 0) is 6.61 Å². The molecular formula is C28H24O3. The summed E-state index contributed by atoms with van der Waals surface area (Å²) in [6, 6.07) is 33.4. The summed E-state index contributed by atoms with van der Waals surface area (Å²) in [5, 5.41) is 0. The normalized spacial score (nSPS) is 12.2. The molecule has 0 aromatic heterocycles. The van der Waals surface area contributed by atoms with Crippen LogP contribution in [0.5, 0.6) is 17.2 Å². The Balaban J connectivity index is 1.61. The van der Waals surface area contributed by atoms with E-state index in [0.717, 1.165) is 22.8 Å². The fourth-order valence-electron chi connectivity index (χ4n) is 4.06. The van der Waals surface area contributed by atoms with Crippen molar-refractivity contribution in [3.8, 4) is 17.2 Å². The Morgan fingerprint density at radius 1 is 0.742 bits per heavy atom. The Bertz CT molecular complexity index is 1130. The summed E-state index contributed by atoms with van der Waals surface area (Å²) in [4.78, 5) is 0. The van der Waals surface area contributed by atoms with Gasteiger partial charge < -0.3 is 14.2 Å². The lowest BCUT2D eigenvalue weighted by Crippen LogP contribution is -2.07. The van der Waals surface area contributed by atoms with Crippen LogP contribution in [0.2, 0.25) is 0 Å². The van der Waals surface area contributed by atoms with Crippen molar-refractivity contribution in [2.75, 3.05) is 6.79 Å². The summed E-state index contributed by atoms with van der Waals surface area (Å²) >= 11 is 0. The fraction of sp³-hybridized carbons (Fsp3) is 0.143. The third-order valence-electron chi connectivity index (χ3n) is 5.73. The van der Waals surface area contributed by atoms with Crippen molar-refractivity contribution in [3.63, 3.8) is 0 Å². The quantitative estimate of drug-likeness (QED) is 0.342. The Labute approximate surface area is 182 Å². The van der Waals surface area contributed by atoms with Gasteiger partial charge in [-0.05, 0) is 35.2 Å². The molecule has 4 aromatic carbocycles. The lowest BCUT2D eigenvalue weighted by atomic mass is 9.84. The molecule has 0 bridgehead atoms. The maximum absolute atomic E-state index is 6.42. The van der Waals surface area contributed by atoms with E-state index in [4.69, 9.17) is 14.2 Å². The highest BCUT2D eigenvalue weighted by Gasteiger charge is 2.25. The second-order valence-electron chi connectivity index (χ2n) is 7.71. The van der Waals surface area contributed by atoms with Gasteiger partial charge in [-0.3, -0.25) is 0 Å². The monoisotopic (exact) mass is 408 g/mol. The lowest BCUT2D eigenvalue weighted by Gasteiger charge is -2.22. The van der Waals surface area contributed by atoms with E-state index in [1.807, 2.05) is 30.3 Å². The molecule has 3 heteroatoms. The molecule has 0 aliphatic carbocycles. The minimum Gasteiger partial charge on any atom is -0.488 e. The molecule has 0 fully saturated rings. The molecule has 1 heterocycles. The molecular weight excluding hydrogens is 384 g/mol. The van der Waals surface area contributed by atoms with Crippen LogP contribution in [-0.4, -0.2) is 6.79 Å². The average molecular weight is 408 g/mol.